The number of alkyl halides is 3. The fourth-order valence-electron chi connectivity index (χ4n) is 1.50. The van der Waals surface area contributed by atoms with Crippen LogP contribution in [-0.2, 0) is 17.2 Å². The Bertz CT molecular complexity index is 522. The zero-order chi connectivity index (χ0) is 16.6. The van der Waals surface area contributed by atoms with Crippen LogP contribution in [0.3, 0.4) is 0 Å². The van der Waals surface area contributed by atoms with Crippen molar-refractivity contribution in [3.63, 3.8) is 0 Å². The lowest BCUT2D eigenvalue weighted by Gasteiger charge is -2.36. The summed E-state index contributed by atoms with van der Waals surface area (Å²) in [5.41, 5.74) is 4.34. The fourth-order valence-corrected chi connectivity index (χ4v) is 2.46. The van der Waals surface area contributed by atoms with Crippen molar-refractivity contribution in [3.05, 3.63) is 23.3 Å². The van der Waals surface area contributed by atoms with Crippen LogP contribution in [-0.4, -0.2) is 13.4 Å². The van der Waals surface area contributed by atoms with Gasteiger partial charge in [-0.1, -0.05) is 20.8 Å². The first kappa shape index (κ1) is 17.8. The molecule has 21 heavy (non-hydrogen) atoms. The van der Waals surface area contributed by atoms with Gasteiger partial charge in [0.2, 0.25) is 0 Å². The van der Waals surface area contributed by atoms with E-state index in [1.54, 1.807) is 0 Å². The molecule has 0 heterocycles. The second-order valence-corrected chi connectivity index (χ2v) is 11.4. The van der Waals surface area contributed by atoms with Crippen LogP contribution in [0.25, 0.3) is 0 Å². The van der Waals surface area contributed by atoms with E-state index in [-0.39, 0.29) is 17.3 Å². The van der Waals surface area contributed by atoms with E-state index in [1.165, 1.54) is 6.07 Å². The summed E-state index contributed by atoms with van der Waals surface area (Å²) in [6, 6.07) is 2.20. The van der Waals surface area contributed by atoms with Gasteiger partial charge in [0.1, 0.15) is 0 Å². The Morgan fingerprint density at radius 2 is 1.71 bits per heavy atom. The normalized spacial score (nSPS) is 13.5. The Kier molecular flexibility index (Phi) is 4.70. The average molecular weight is 321 g/mol. The van der Waals surface area contributed by atoms with E-state index in [0.29, 0.717) is 5.56 Å². The number of aromatic hydroxyl groups is 1. The minimum atomic E-state index is -4.65. The van der Waals surface area contributed by atoms with Gasteiger partial charge in [-0.25, -0.2) is 0 Å². The molecule has 120 valence electrons. The highest BCUT2D eigenvalue weighted by Crippen LogP contribution is 2.41. The molecule has 0 saturated carbocycles. The first-order valence-electron chi connectivity index (χ1n) is 6.58. The Morgan fingerprint density at radius 1 is 1.19 bits per heavy atom. The molecule has 7 heteroatoms. The number of anilines is 1. The third kappa shape index (κ3) is 4.13. The van der Waals surface area contributed by atoms with Crippen LogP contribution < -0.4 is 5.73 Å². The fraction of sp³-hybridized carbons (Fsp3) is 0.571. The minimum Gasteiger partial charge on any atom is -0.505 e. The number of benzene rings is 1. The van der Waals surface area contributed by atoms with E-state index in [9.17, 15) is 18.3 Å². The van der Waals surface area contributed by atoms with E-state index in [2.05, 4.69) is 0 Å². The third-order valence-electron chi connectivity index (χ3n) is 3.91. The summed E-state index contributed by atoms with van der Waals surface area (Å²) in [5, 5.41) is 9.40. The van der Waals surface area contributed by atoms with Gasteiger partial charge in [0.05, 0.1) is 17.9 Å². The highest BCUT2D eigenvalue weighted by molar-refractivity contribution is 6.74. The summed E-state index contributed by atoms with van der Waals surface area (Å²) in [6.45, 7) is 10.2. The number of nitrogen functional groups attached to an aromatic ring is 1. The molecule has 1 aromatic carbocycles. The highest BCUT2D eigenvalue weighted by atomic mass is 28.4. The van der Waals surface area contributed by atoms with Crippen LogP contribution in [0, 0.1) is 0 Å². The number of phenolic OH excluding ortho intramolecular Hbond substituents is 1. The van der Waals surface area contributed by atoms with Gasteiger partial charge in [-0.15, -0.1) is 0 Å². The number of hydrogen-bond acceptors (Lipinski definition) is 3. The zero-order valence-electron chi connectivity index (χ0n) is 12.9. The lowest BCUT2D eigenvalue weighted by atomic mass is 10.1. The summed E-state index contributed by atoms with van der Waals surface area (Å²) < 4.78 is 44.4. The number of halogens is 3. The summed E-state index contributed by atoms with van der Waals surface area (Å²) in [7, 11) is -2.07. The summed E-state index contributed by atoms with van der Waals surface area (Å²) in [5.74, 6) is -0.932. The molecule has 0 unspecified atom stereocenters. The van der Waals surface area contributed by atoms with E-state index in [0.717, 1.165) is 6.07 Å². The van der Waals surface area contributed by atoms with Crippen molar-refractivity contribution < 1.29 is 22.7 Å². The maximum atomic E-state index is 12.8. The van der Waals surface area contributed by atoms with Crippen molar-refractivity contribution >= 4 is 14.0 Å². The van der Waals surface area contributed by atoms with Crippen molar-refractivity contribution in [2.24, 2.45) is 0 Å². The molecule has 3 N–H and O–H groups in total. The van der Waals surface area contributed by atoms with Gasteiger partial charge < -0.3 is 15.3 Å². The molecule has 0 aromatic heterocycles. The Hall–Kier alpha value is -1.21. The van der Waals surface area contributed by atoms with E-state index in [4.69, 9.17) is 10.2 Å². The van der Waals surface area contributed by atoms with Crippen molar-refractivity contribution in [1.29, 1.82) is 0 Å². The number of hydrogen-bond donors (Lipinski definition) is 2. The van der Waals surface area contributed by atoms with E-state index in [1.807, 2.05) is 33.9 Å². The molecular formula is C14H22F3NO2Si. The van der Waals surface area contributed by atoms with Gasteiger partial charge in [0.25, 0.3) is 0 Å². The lowest BCUT2D eigenvalue weighted by molar-refractivity contribution is -0.138. The Labute approximate surface area is 124 Å². The SMILES string of the molecule is CC(C)(C)[Si](C)(C)OCc1cc(N)c(O)c(C(F)(F)F)c1. The number of phenols is 1. The second-order valence-electron chi connectivity index (χ2n) is 6.63. The lowest BCUT2D eigenvalue weighted by Crippen LogP contribution is -2.40. The molecule has 0 radical (unpaired) electrons. The molecule has 0 aliphatic heterocycles. The molecule has 3 nitrogen and oxygen atoms in total. The monoisotopic (exact) mass is 321 g/mol. The van der Waals surface area contributed by atoms with Crippen molar-refractivity contribution in [3.8, 4) is 5.75 Å². The number of rotatable bonds is 3. The van der Waals surface area contributed by atoms with Crippen LogP contribution in [0.5, 0.6) is 5.75 Å². The van der Waals surface area contributed by atoms with Crippen LogP contribution in [0.15, 0.2) is 12.1 Å². The maximum Gasteiger partial charge on any atom is 0.420 e. The van der Waals surface area contributed by atoms with E-state index >= 15 is 0 Å². The van der Waals surface area contributed by atoms with Gasteiger partial charge in [0, 0.05) is 0 Å². The second kappa shape index (κ2) is 5.53. The smallest absolute Gasteiger partial charge is 0.420 e. The van der Waals surface area contributed by atoms with Crippen LogP contribution in [0.1, 0.15) is 31.9 Å². The molecule has 1 aromatic rings. The molecular weight excluding hydrogens is 299 g/mol. The molecule has 0 bridgehead atoms. The molecule has 0 aliphatic rings. The highest BCUT2D eigenvalue weighted by Gasteiger charge is 2.38. The molecule has 0 saturated heterocycles. The molecule has 0 spiro atoms. The summed E-state index contributed by atoms with van der Waals surface area (Å²) >= 11 is 0. The Morgan fingerprint density at radius 3 is 2.14 bits per heavy atom. The quantitative estimate of drug-likeness (QED) is 0.489. The standard InChI is InChI=1S/C14H22F3NO2Si/c1-13(2,3)21(4,5)20-8-9-6-10(14(15,16)17)12(19)11(18)7-9/h6-7,19H,8,18H2,1-5H3. The molecule has 0 amide bonds. The minimum absolute atomic E-state index is 0.0394. The predicted molar refractivity (Wildman–Crippen MR) is 79.5 cm³/mol. The first-order valence-corrected chi connectivity index (χ1v) is 9.49. The predicted octanol–water partition coefficient (Wildman–Crippen LogP) is 4.52. The van der Waals surface area contributed by atoms with Crippen LogP contribution >= 0.6 is 0 Å². The molecule has 0 atom stereocenters. The van der Waals surface area contributed by atoms with Crippen molar-refractivity contribution in [2.45, 2.75) is 51.7 Å². The van der Waals surface area contributed by atoms with Gasteiger partial charge in [0.15, 0.2) is 14.1 Å². The zero-order valence-corrected chi connectivity index (χ0v) is 13.9. The van der Waals surface area contributed by atoms with Crippen LogP contribution in [0.4, 0.5) is 18.9 Å². The average Bonchev–Trinajstić information content (AvgIpc) is 2.27. The first-order chi connectivity index (χ1) is 9.25. The third-order valence-corrected chi connectivity index (χ3v) is 8.39. The molecule has 0 aliphatic carbocycles. The topological polar surface area (TPSA) is 55.5 Å². The largest absolute Gasteiger partial charge is 0.505 e. The van der Waals surface area contributed by atoms with Gasteiger partial charge >= 0.3 is 6.18 Å². The van der Waals surface area contributed by atoms with Gasteiger partial charge in [-0.3, -0.25) is 0 Å². The van der Waals surface area contributed by atoms with Crippen molar-refractivity contribution in [1.82, 2.24) is 0 Å². The molecule has 0 fully saturated rings. The Balaban J connectivity index is 3.04. The maximum absolute atomic E-state index is 12.8. The summed E-state index contributed by atoms with van der Waals surface area (Å²) in [4.78, 5) is 0. The van der Waals surface area contributed by atoms with Crippen molar-refractivity contribution in [2.75, 3.05) is 5.73 Å². The number of nitrogens with two attached hydrogens (primary N) is 1. The van der Waals surface area contributed by atoms with Gasteiger partial charge in [-0.05, 0) is 35.8 Å². The van der Waals surface area contributed by atoms with Crippen LogP contribution in [0.2, 0.25) is 18.1 Å². The van der Waals surface area contributed by atoms with E-state index < -0.39 is 25.8 Å². The molecule has 1 rings (SSSR count). The summed E-state index contributed by atoms with van der Waals surface area (Å²) in [6.07, 6.45) is -4.65. The van der Waals surface area contributed by atoms with Gasteiger partial charge in [-0.2, -0.15) is 13.2 Å².